The molecule has 1 saturated heterocycles. The fourth-order valence-corrected chi connectivity index (χ4v) is 3.51. The number of piperidine rings is 1. The number of hydrogen-bond acceptors (Lipinski definition) is 2. The number of nitrogens with zero attached hydrogens (tertiary/aromatic N) is 2. The normalized spacial score (nSPS) is 22.0. The van der Waals surface area contributed by atoms with E-state index in [2.05, 4.69) is 24.8 Å². The van der Waals surface area contributed by atoms with E-state index in [0.717, 1.165) is 25.4 Å². The number of rotatable bonds is 4. The second kappa shape index (κ2) is 7.44. The van der Waals surface area contributed by atoms with Gasteiger partial charge < -0.3 is 9.80 Å². The van der Waals surface area contributed by atoms with Crippen molar-refractivity contribution in [2.24, 2.45) is 11.8 Å². The summed E-state index contributed by atoms with van der Waals surface area (Å²) in [6.07, 6.45) is 7.34. The Kier molecular flexibility index (Phi) is 5.86. The van der Waals surface area contributed by atoms with E-state index in [4.69, 9.17) is 0 Å². The molecule has 0 unspecified atom stereocenters. The van der Waals surface area contributed by atoms with Crippen molar-refractivity contribution in [3.63, 3.8) is 0 Å². The Morgan fingerprint density at radius 2 is 1.86 bits per heavy atom. The van der Waals surface area contributed by atoms with Gasteiger partial charge >= 0.3 is 0 Å². The van der Waals surface area contributed by atoms with Crippen LogP contribution in [0.15, 0.2) is 11.6 Å². The lowest BCUT2D eigenvalue weighted by atomic mass is 9.87. The van der Waals surface area contributed by atoms with Crippen molar-refractivity contribution in [2.75, 3.05) is 26.2 Å². The first kappa shape index (κ1) is 16.5. The highest BCUT2D eigenvalue weighted by Crippen LogP contribution is 2.27. The van der Waals surface area contributed by atoms with Gasteiger partial charge in [-0.3, -0.25) is 4.79 Å². The third-order valence-corrected chi connectivity index (χ3v) is 5.04. The molecule has 0 radical (unpaired) electrons. The molecule has 1 fully saturated rings. The predicted octanol–water partition coefficient (Wildman–Crippen LogP) is 3.31. The van der Waals surface area contributed by atoms with Crippen LogP contribution in [0.3, 0.4) is 0 Å². The Hall–Kier alpha value is -0.830. The molecule has 0 aromatic rings. The maximum absolute atomic E-state index is 12.0. The first-order chi connectivity index (χ1) is 9.97. The van der Waals surface area contributed by atoms with E-state index in [0.29, 0.717) is 11.9 Å². The summed E-state index contributed by atoms with van der Waals surface area (Å²) in [5, 5.41) is 0. The number of carbonyl (C=O) groups excluding carboxylic acids is 1. The minimum absolute atomic E-state index is 0.125. The second-order valence-electron chi connectivity index (χ2n) is 7.33. The number of hydrogen-bond donors (Lipinski definition) is 0. The van der Waals surface area contributed by atoms with Gasteiger partial charge in [0.15, 0.2) is 0 Å². The average molecular weight is 292 g/mol. The first-order valence-electron chi connectivity index (χ1n) is 8.68. The van der Waals surface area contributed by atoms with Crippen molar-refractivity contribution in [1.82, 2.24) is 9.80 Å². The summed E-state index contributed by atoms with van der Waals surface area (Å²) in [5.41, 5.74) is 1.59. The molecule has 21 heavy (non-hydrogen) atoms. The highest BCUT2D eigenvalue weighted by Gasteiger charge is 2.24. The molecular weight excluding hydrogens is 260 g/mol. The van der Waals surface area contributed by atoms with Gasteiger partial charge in [-0.1, -0.05) is 25.5 Å². The van der Waals surface area contributed by atoms with Crippen LogP contribution in [0.25, 0.3) is 0 Å². The lowest BCUT2D eigenvalue weighted by Crippen LogP contribution is -2.39. The lowest BCUT2D eigenvalue weighted by Gasteiger charge is -2.36. The van der Waals surface area contributed by atoms with Gasteiger partial charge in [0, 0.05) is 25.0 Å². The molecule has 120 valence electrons. The van der Waals surface area contributed by atoms with Crippen LogP contribution in [0.5, 0.6) is 0 Å². The third kappa shape index (κ3) is 4.57. The summed E-state index contributed by atoms with van der Waals surface area (Å²) in [6.45, 7) is 12.8. The number of likely N-dealkylation sites (tertiary alicyclic amines) is 1. The summed E-state index contributed by atoms with van der Waals surface area (Å²) in [4.78, 5) is 16.6. The standard InChI is InChI=1S/C18H32N2O/c1-14(2)18(21)20-11-7-17(8-12-20)13-16-5-9-19(10-6-16)15(3)4/h7,14-16H,5-6,8-13H2,1-4H3. The monoisotopic (exact) mass is 292 g/mol. The maximum atomic E-state index is 12.0. The van der Waals surface area contributed by atoms with Crippen LogP contribution < -0.4 is 0 Å². The molecule has 0 aromatic carbocycles. The molecule has 0 saturated carbocycles. The molecule has 0 bridgehead atoms. The van der Waals surface area contributed by atoms with E-state index in [-0.39, 0.29) is 5.92 Å². The quantitative estimate of drug-likeness (QED) is 0.742. The molecule has 1 amide bonds. The van der Waals surface area contributed by atoms with E-state index >= 15 is 0 Å². The van der Waals surface area contributed by atoms with Crippen molar-refractivity contribution >= 4 is 5.91 Å². The molecule has 0 atom stereocenters. The van der Waals surface area contributed by atoms with Gasteiger partial charge in [0.1, 0.15) is 0 Å². The van der Waals surface area contributed by atoms with E-state index in [1.165, 1.54) is 32.4 Å². The van der Waals surface area contributed by atoms with Crippen molar-refractivity contribution < 1.29 is 4.79 Å². The minimum Gasteiger partial charge on any atom is -0.338 e. The summed E-state index contributed by atoms with van der Waals surface area (Å²) in [6, 6.07) is 0.690. The molecule has 2 rings (SSSR count). The van der Waals surface area contributed by atoms with Crippen LogP contribution in [0.2, 0.25) is 0 Å². The van der Waals surface area contributed by atoms with Gasteiger partial charge in [-0.25, -0.2) is 0 Å². The fourth-order valence-electron chi connectivity index (χ4n) is 3.51. The van der Waals surface area contributed by atoms with Crippen molar-refractivity contribution in [1.29, 1.82) is 0 Å². The Bertz CT molecular complexity index is 379. The molecule has 2 aliphatic heterocycles. The highest BCUT2D eigenvalue weighted by molar-refractivity contribution is 5.78. The zero-order valence-corrected chi connectivity index (χ0v) is 14.3. The van der Waals surface area contributed by atoms with Crippen LogP contribution in [-0.2, 0) is 4.79 Å². The Morgan fingerprint density at radius 1 is 1.19 bits per heavy atom. The molecule has 3 nitrogen and oxygen atoms in total. The molecule has 0 aromatic heterocycles. The second-order valence-corrected chi connectivity index (χ2v) is 7.33. The molecule has 0 aliphatic carbocycles. The highest BCUT2D eigenvalue weighted by atomic mass is 16.2. The van der Waals surface area contributed by atoms with Crippen molar-refractivity contribution in [2.45, 2.75) is 59.4 Å². The first-order valence-corrected chi connectivity index (χ1v) is 8.68. The number of carbonyl (C=O) groups is 1. The van der Waals surface area contributed by atoms with Crippen molar-refractivity contribution in [3.05, 3.63) is 11.6 Å². The van der Waals surface area contributed by atoms with Crippen LogP contribution in [0, 0.1) is 11.8 Å². The van der Waals surface area contributed by atoms with Gasteiger partial charge in [0.2, 0.25) is 5.91 Å². The maximum Gasteiger partial charge on any atom is 0.225 e. The third-order valence-electron chi connectivity index (χ3n) is 5.04. The van der Waals surface area contributed by atoms with Gasteiger partial charge in [-0.2, -0.15) is 0 Å². The summed E-state index contributed by atoms with van der Waals surface area (Å²) in [7, 11) is 0. The van der Waals surface area contributed by atoms with E-state index in [1.807, 2.05) is 18.7 Å². The molecule has 0 spiro atoms. The zero-order valence-electron chi connectivity index (χ0n) is 14.3. The van der Waals surface area contributed by atoms with Crippen LogP contribution in [0.1, 0.15) is 53.4 Å². The van der Waals surface area contributed by atoms with E-state index in [9.17, 15) is 4.79 Å². The summed E-state index contributed by atoms with van der Waals surface area (Å²) in [5.74, 6) is 1.29. The Balaban J connectivity index is 1.77. The van der Waals surface area contributed by atoms with Gasteiger partial charge in [0.25, 0.3) is 0 Å². The Morgan fingerprint density at radius 3 is 2.33 bits per heavy atom. The predicted molar refractivity (Wildman–Crippen MR) is 88.2 cm³/mol. The molecule has 2 aliphatic rings. The van der Waals surface area contributed by atoms with Gasteiger partial charge in [-0.05, 0) is 58.5 Å². The Labute approximate surface area is 130 Å². The minimum atomic E-state index is 0.125. The topological polar surface area (TPSA) is 23.6 Å². The lowest BCUT2D eigenvalue weighted by molar-refractivity contribution is -0.134. The molecule has 2 heterocycles. The van der Waals surface area contributed by atoms with E-state index in [1.54, 1.807) is 5.57 Å². The summed E-state index contributed by atoms with van der Waals surface area (Å²) >= 11 is 0. The van der Waals surface area contributed by atoms with Crippen molar-refractivity contribution in [3.8, 4) is 0 Å². The largest absolute Gasteiger partial charge is 0.338 e. The zero-order chi connectivity index (χ0) is 15.4. The number of amides is 1. The SMILES string of the molecule is CC(C)C(=O)N1CC=C(CC2CCN(C(C)C)CC2)CC1. The fraction of sp³-hybridized carbons (Fsp3) is 0.833. The van der Waals surface area contributed by atoms with E-state index < -0.39 is 0 Å². The molecule has 3 heteroatoms. The molecule has 0 N–H and O–H groups in total. The summed E-state index contributed by atoms with van der Waals surface area (Å²) < 4.78 is 0. The van der Waals surface area contributed by atoms with Gasteiger partial charge in [0.05, 0.1) is 0 Å². The van der Waals surface area contributed by atoms with Crippen LogP contribution in [-0.4, -0.2) is 47.9 Å². The average Bonchev–Trinajstić information content (AvgIpc) is 2.47. The van der Waals surface area contributed by atoms with Crippen LogP contribution in [0.4, 0.5) is 0 Å². The van der Waals surface area contributed by atoms with Crippen LogP contribution >= 0.6 is 0 Å². The van der Waals surface area contributed by atoms with Gasteiger partial charge in [-0.15, -0.1) is 0 Å². The smallest absolute Gasteiger partial charge is 0.225 e. The molecular formula is C18H32N2O.